The molecule has 1 aliphatic heterocycles. The lowest BCUT2D eigenvalue weighted by Gasteiger charge is -2.29. The number of likely N-dealkylation sites (N-methyl/N-ethyl adjacent to an activating group) is 1. The van der Waals surface area contributed by atoms with Crippen molar-refractivity contribution < 1.29 is 33.4 Å². The molecule has 306 valence electrons. The van der Waals surface area contributed by atoms with Crippen molar-refractivity contribution in [3.63, 3.8) is 0 Å². The third kappa shape index (κ3) is 11.7. The highest BCUT2D eigenvalue weighted by molar-refractivity contribution is 6.08. The molecule has 5 amide bonds. The van der Waals surface area contributed by atoms with Crippen LogP contribution in [0.5, 0.6) is 11.5 Å². The molecular weight excluding hydrogens is 751 g/mol. The maximum atomic E-state index is 14.1. The van der Waals surface area contributed by atoms with Crippen LogP contribution in [0.1, 0.15) is 39.5 Å². The zero-order valence-electron chi connectivity index (χ0n) is 33.2. The summed E-state index contributed by atoms with van der Waals surface area (Å²) in [5, 5.41) is 19.8. The summed E-state index contributed by atoms with van der Waals surface area (Å²) in [5.74, 6) is -1.89. The molecule has 0 saturated heterocycles. The molecular formula is C43H49BN8O7. The Morgan fingerprint density at radius 1 is 0.881 bits per heavy atom. The molecule has 0 aliphatic carbocycles. The number of nitrogens with one attached hydrogen (secondary N) is 4. The van der Waals surface area contributed by atoms with E-state index in [0.717, 1.165) is 23.0 Å². The fourth-order valence-corrected chi connectivity index (χ4v) is 6.63. The van der Waals surface area contributed by atoms with E-state index in [4.69, 9.17) is 26.2 Å². The number of rotatable bonds is 15. The lowest BCUT2D eigenvalue weighted by Crippen LogP contribution is -2.50. The van der Waals surface area contributed by atoms with Crippen LogP contribution in [0.2, 0.25) is 0 Å². The topological polar surface area (TPSA) is 231 Å². The number of carbonyl (C=O) groups excluding carboxylic acids is 5. The first-order valence-electron chi connectivity index (χ1n) is 19.4. The van der Waals surface area contributed by atoms with Gasteiger partial charge in [-0.25, -0.2) is 0 Å². The SMILES string of the molecule is BCc1ccc(-c2ccc(C(=O)NCC(=O)N(C)C3C(=O)NCC(=O)NC(CNC(=O)CC#N)Cc4ccc(OCCN)c(c4)-c4cc3ccc4OCCN)cc2)cc1. The van der Waals surface area contributed by atoms with Crippen molar-refractivity contribution in [2.45, 2.75) is 31.2 Å². The number of fused-ring (bicyclic) bond motifs is 5. The first-order valence-corrected chi connectivity index (χ1v) is 19.4. The van der Waals surface area contributed by atoms with Gasteiger partial charge in [-0.3, -0.25) is 24.0 Å². The second-order valence-corrected chi connectivity index (χ2v) is 13.9. The fourth-order valence-electron chi connectivity index (χ4n) is 6.63. The highest BCUT2D eigenvalue weighted by Crippen LogP contribution is 2.40. The Balaban J connectivity index is 1.46. The summed E-state index contributed by atoms with van der Waals surface area (Å²) in [4.78, 5) is 67.8. The van der Waals surface area contributed by atoms with E-state index in [9.17, 15) is 24.0 Å². The van der Waals surface area contributed by atoms with Crippen LogP contribution in [0.25, 0.3) is 22.3 Å². The quantitative estimate of drug-likeness (QED) is 0.0933. The second-order valence-electron chi connectivity index (χ2n) is 13.9. The van der Waals surface area contributed by atoms with Crippen LogP contribution in [-0.2, 0) is 31.9 Å². The van der Waals surface area contributed by atoms with Gasteiger partial charge in [0.1, 0.15) is 45.0 Å². The number of amides is 5. The predicted octanol–water partition coefficient (Wildman–Crippen LogP) is 0.945. The van der Waals surface area contributed by atoms with Crippen molar-refractivity contribution in [3.05, 3.63) is 107 Å². The molecule has 0 radical (unpaired) electrons. The molecule has 0 fully saturated rings. The van der Waals surface area contributed by atoms with Crippen molar-refractivity contribution in [1.82, 2.24) is 26.2 Å². The molecule has 16 heteroatoms. The standard InChI is InChI=1S/C43H49BN8O7/c1-52(40(55)26-50-42(56)31-9-7-30(8-10-31)29-5-2-27(23-44)3-6-29)41-32-11-13-37(59-19-17-47)35(22-32)34-21-28(4-12-36(34)58-18-16-46)20-33(24-48-38(53)14-15-45)51-39(54)25-49-43(41)57/h2-13,21-22,33,41H,14,16-20,23-26,44,46-47H2,1H3,(H,48,53)(H,49,57)(H,50,56)(H,51,54). The van der Waals surface area contributed by atoms with Crippen molar-refractivity contribution in [1.29, 1.82) is 5.26 Å². The molecule has 0 spiro atoms. The van der Waals surface area contributed by atoms with Crippen molar-refractivity contribution in [3.8, 4) is 39.8 Å². The normalized spacial score (nSPS) is 15.0. The van der Waals surface area contributed by atoms with Gasteiger partial charge < -0.3 is 47.1 Å². The molecule has 4 bridgehead atoms. The smallest absolute Gasteiger partial charge is 0.251 e. The second kappa shape index (κ2) is 21.2. The summed E-state index contributed by atoms with van der Waals surface area (Å²) < 4.78 is 12.1. The Morgan fingerprint density at radius 3 is 2.14 bits per heavy atom. The highest BCUT2D eigenvalue weighted by Gasteiger charge is 2.31. The molecule has 15 nitrogen and oxygen atoms in total. The minimum atomic E-state index is -1.27. The summed E-state index contributed by atoms with van der Waals surface area (Å²) in [5.41, 5.74) is 17.4. The molecule has 8 N–H and O–H groups in total. The zero-order valence-corrected chi connectivity index (χ0v) is 33.2. The third-order valence-corrected chi connectivity index (χ3v) is 9.73. The zero-order chi connectivity index (χ0) is 42.3. The van der Waals surface area contributed by atoms with Crippen LogP contribution in [0, 0.1) is 11.3 Å². The Morgan fingerprint density at radius 2 is 1.51 bits per heavy atom. The number of hydrogen-bond acceptors (Lipinski definition) is 10. The van der Waals surface area contributed by atoms with Gasteiger partial charge in [-0.1, -0.05) is 60.4 Å². The summed E-state index contributed by atoms with van der Waals surface area (Å²) in [6.07, 6.45) is 0.843. The van der Waals surface area contributed by atoms with Crippen LogP contribution in [0.4, 0.5) is 0 Å². The fraction of sp³-hybridized carbons (Fsp3) is 0.302. The Labute approximate surface area is 344 Å². The van der Waals surface area contributed by atoms with Gasteiger partial charge in [-0.15, -0.1) is 0 Å². The van der Waals surface area contributed by atoms with Crippen LogP contribution in [-0.4, -0.2) is 101 Å². The Kier molecular flexibility index (Phi) is 15.6. The molecule has 2 atom stereocenters. The van der Waals surface area contributed by atoms with E-state index < -0.39 is 54.7 Å². The first-order chi connectivity index (χ1) is 28.5. The van der Waals surface area contributed by atoms with Crippen LogP contribution in [0.3, 0.4) is 0 Å². The molecule has 0 saturated carbocycles. The van der Waals surface area contributed by atoms with Crippen molar-refractivity contribution >= 4 is 37.4 Å². The molecule has 0 aromatic heterocycles. The van der Waals surface area contributed by atoms with E-state index in [1.165, 1.54) is 17.5 Å². The van der Waals surface area contributed by atoms with Crippen molar-refractivity contribution in [2.75, 3.05) is 53.0 Å². The molecule has 1 aliphatic rings. The lowest BCUT2D eigenvalue weighted by atomic mass is 9.94. The lowest BCUT2D eigenvalue weighted by molar-refractivity contribution is -0.139. The third-order valence-electron chi connectivity index (χ3n) is 9.73. The minimum absolute atomic E-state index is 0.00384. The number of nitrogens with zero attached hydrogens (tertiary/aromatic N) is 2. The Bertz CT molecular complexity index is 2180. The number of nitriles is 1. The summed E-state index contributed by atoms with van der Waals surface area (Å²) in [7, 11) is 3.53. The Hall–Kier alpha value is -6.70. The maximum absolute atomic E-state index is 14.1. The van der Waals surface area contributed by atoms with E-state index in [-0.39, 0.29) is 45.7 Å². The van der Waals surface area contributed by atoms with Gasteiger partial charge in [0.25, 0.3) is 5.91 Å². The predicted molar refractivity (Wildman–Crippen MR) is 225 cm³/mol. The van der Waals surface area contributed by atoms with E-state index in [1.807, 2.05) is 36.4 Å². The van der Waals surface area contributed by atoms with E-state index >= 15 is 0 Å². The number of ether oxygens (including phenoxy) is 2. The van der Waals surface area contributed by atoms with Gasteiger partial charge in [0.15, 0.2) is 0 Å². The largest absolute Gasteiger partial charge is 0.492 e. The average Bonchev–Trinajstić information content (AvgIpc) is 3.25. The van der Waals surface area contributed by atoms with Gasteiger partial charge >= 0.3 is 0 Å². The van der Waals surface area contributed by atoms with Crippen LogP contribution < -0.4 is 42.2 Å². The van der Waals surface area contributed by atoms with Gasteiger partial charge in [0.2, 0.25) is 23.6 Å². The number of hydrogen-bond donors (Lipinski definition) is 6. The summed E-state index contributed by atoms with van der Waals surface area (Å²) in [6, 6.07) is 25.6. The molecule has 5 rings (SSSR count). The van der Waals surface area contributed by atoms with Crippen molar-refractivity contribution in [2.24, 2.45) is 11.5 Å². The van der Waals surface area contributed by atoms with Crippen LogP contribution in [0.15, 0.2) is 84.9 Å². The number of benzene rings is 4. The molecule has 59 heavy (non-hydrogen) atoms. The first kappa shape index (κ1) is 43.4. The number of carbonyl (C=O) groups is 5. The highest BCUT2D eigenvalue weighted by atomic mass is 16.5. The summed E-state index contributed by atoms with van der Waals surface area (Å²) >= 11 is 0. The number of nitrogens with two attached hydrogens (primary N) is 2. The molecule has 4 aromatic carbocycles. The molecule has 2 unspecified atom stereocenters. The summed E-state index contributed by atoms with van der Waals surface area (Å²) in [6.45, 7) is -0.0396. The van der Waals surface area contributed by atoms with Gasteiger partial charge in [0, 0.05) is 43.4 Å². The van der Waals surface area contributed by atoms with E-state index in [0.29, 0.717) is 33.8 Å². The average molecular weight is 801 g/mol. The van der Waals surface area contributed by atoms with Gasteiger partial charge in [-0.2, -0.15) is 5.26 Å². The minimum Gasteiger partial charge on any atom is -0.492 e. The van der Waals surface area contributed by atoms with Gasteiger partial charge in [0.05, 0.1) is 25.2 Å². The van der Waals surface area contributed by atoms with E-state index in [1.54, 1.807) is 42.5 Å². The molecule has 1 heterocycles. The molecule has 4 aromatic rings. The van der Waals surface area contributed by atoms with Crippen LogP contribution >= 0.6 is 0 Å². The van der Waals surface area contributed by atoms with E-state index in [2.05, 4.69) is 41.2 Å². The monoisotopic (exact) mass is 800 g/mol. The maximum Gasteiger partial charge on any atom is 0.251 e. The van der Waals surface area contributed by atoms with Gasteiger partial charge in [-0.05, 0) is 65.1 Å².